The van der Waals surface area contributed by atoms with Gasteiger partial charge in [-0.3, -0.25) is 5.41 Å². The van der Waals surface area contributed by atoms with Crippen LogP contribution in [-0.2, 0) is 0 Å². The molecule has 1 aliphatic carbocycles. The average molecular weight is 198 g/mol. The molecular weight excluding hydrogens is 180 g/mol. The van der Waals surface area contributed by atoms with Crippen LogP contribution in [0.3, 0.4) is 0 Å². The minimum absolute atomic E-state index is 0.0738. The Morgan fingerprint density at radius 1 is 1.43 bits per heavy atom. The van der Waals surface area contributed by atoms with Crippen molar-refractivity contribution < 1.29 is 4.79 Å². The van der Waals surface area contributed by atoms with Gasteiger partial charge in [0.2, 0.25) is 0 Å². The molecule has 0 aromatic heterocycles. The third kappa shape index (κ3) is 5.40. The Morgan fingerprint density at radius 2 is 2.14 bits per heavy atom. The van der Waals surface area contributed by atoms with Gasteiger partial charge < -0.3 is 16.4 Å². The van der Waals surface area contributed by atoms with Gasteiger partial charge in [-0.25, -0.2) is 4.79 Å². The molecule has 0 heterocycles. The number of amides is 2. The predicted octanol–water partition coefficient (Wildman–Crippen LogP) is 0.554. The Kier molecular flexibility index (Phi) is 4.22. The Labute approximate surface area is 83.9 Å². The smallest absolute Gasteiger partial charge is 0.315 e. The number of carbonyl (C=O) groups excluding carboxylic acids is 1. The van der Waals surface area contributed by atoms with Crippen LogP contribution < -0.4 is 16.4 Å². The highest BCUT2D eigenvalue weighted by Gasteiger charge is 2.22. The fourth-order valence-electron chi connectivity index (χ4n) is 1.11. The highest BCUT2D eigenvalue weighted by atomic mass is 16.2. The molecule has 0 bridgehead atoms. The summed E-state index contributed by atoms with van der Waals surface area (Å²) in [7, 11) is 0. The lowest BCUT2D eigenvalue weighted by atomic mass is 10.2. The molecule has 0 spiro atoms. The average Bonchev–Trinajstić information content (AvgIpc) is 2.87. The molecule has 2 amide bonds. The lowest BCUT2D eigenvalue weighted by Gasteiger charge is -2.05. The van der Waals surface area contributed by atoms with Gasteiger partial charge in [-0.05, 0) is 25.7 Å². The molecule has 0 unspecified atom stereocenters. The van der Waals surface area contributed by atoms with Crippen molar-refractivity contribution in [1.82, 2.24) is 10.6 Å². The second kappa shape index (κ2) is 5.47. The largest absolute Gasteiger partial charge is 0.388 e. The topological polar surface area (TPSA) is 91.0 Å². The molecule has 5 nitrogen and oxygen atoms in total. The quantitative estimate of drug-likeness (QED) is 0.285. The van der Waals surface area contributed by atoms with Crippen LogP contribution in [0.25, 0.3) is 0 Å². The van der Waals surface area contributed by atoms with Gasteiger partial charge in [0.15, 0.2) is 0 Å². The molecule has 0 aromatic carbocycles. The minimum Gasteiger partial charge on any atom is -0.388 e. The molecule has 5 heteroatoms. The summed E-state index contributed by atoms with van der Waals surface area (Å²) >= 11 is 0. The van der Waals surface area contributed by atoms with Gasteiger partial charge in [-0.1, -0.05) is 0 Å². The number of nitrogens with one attached hydrogen (secondary N) is 3. The third-order valence-corrected chi connectivity index (χ3v) is 2.07. The van der Waals surface area contributed by atoms with Crippen LogP contribution in [0.5, 0.6) is 0 Å². The van der Waals surface area contributed by atoms with E-state index in [1.165, 1.54) is 0 Å². The van der Waals surface area contributed by atoms with Crippen LogP contribution in [0.1, 0.15) is 32.1 Å². The predicted molar refractivity (Wildman–Crippen MR) is 55.3 cm³/mol. The number of urea groups is 1. The number of amidine groups is 1. The lowest BCUT2D eigenvalue weighted by Crippen LogP contribution is -2.37. The monoisotopic (exact) mass is 198 g/mol. The van der Waals surface area contributed by atoms with E-state index in [1.54, 1.807) is 0 Å². The standard InChI is InChI=1S/C9H18N4O/c10-8(11)3-1-2-6-12-9(14)13-7-4-5-7/h7H,1-6H2,(H3,10,11)(H2,12,13,14). The Morgan fingerprint density at radius 3 is 2.71 bits per heavy atom. The molecule has 0 radical (unpaired) electrons. The molecule has 0 aromatic rings. The maximum absolute atomic E-state index is 11.1. The summed E-state index contributed by atoms with van der Waals surface area (Å²) in [5.74, 6) is 0.215. The first-order valence-electron chi connectivity index (χ1n) is 5.06. The Balaban J connectivity index is 1.87. The fourth-order valence-corrected chi connectivity index (χ4v) is 1.11. The van der Waals surface area contributed by atoms with E-state index in [-0.39, 0.29) is 11.9 Å². The highest BCUT2D eigenvalue weighted by molar-refractivity contribution is 5.76. The molecule has 0 aliphatic heterocycles. The summed E-state index contributed by atoms with van der Waals surface area (Å²) < 4.78 is 0. The molecule has 1 fully saturated rings. The van der Waals surface area contributed by atoms with E-state index in [2.05, 4.69) is 10.6 Å². The minimum atomic E-state index is -0.0738. The summed E-state index contributed by atoms with van der Waals surface area (Å²) in [4.78, 5) is 11.1. The van der Waals surface area contributed by atoms with Crippen LogP contribution in [-0.4, -0.2) is 24.5 Å². The summed E-state index contributed by atoms with van der Waals surface area (Å²) in [6, 6.07) is 0.336. The number of rotatable bonds is 6. The van der Waals surface area contributed by atoms with Gasteiger partial charge >= 0.3 is 6.03 Å². The lowest BCUT2D eigenvalue weighted by molar-refractivity contribution is 0.240. The van der Waals surface area contributed by atoms with Gasteiger partial charge in [0.05, 0.1) is 5.84 Å². The SMILES string of the molecule is N=C(N)CCCCNC(=O)NC1CC1. The van der Waals surface area contributed by atoms with Crippen LogP contribution in [0.15, 0.2) is 0 Å². The molecular formula is C9H18N4O. The van der Waals surface area contributed by atoms with Gasteiger partial charge in [-0.2, -0.15) is 0 Å². The van der Waals surface area contributed by atoms with E-state index in [0.717, 1.165) is 25.7 Å². The fraction of sp³-hybridized carbons (Fsp3) is 0.778. The Bertz CT molecular complexity index is 213. The number of nitrogens with two attached hydrogens (primary N) is 1. The second-order valence-corrected chi connectivity index (χ2v) is 3.66. The van der Waals surface area contributed by atoms with Crippen molar-refractivity contribution in [1.29, 1.82) is 5.41 Å². The molecule has 1 saturated carbocycles. The molecule has 1 rings (SSSR count). The van der Waals surface area contributed by atoms with E-state index < -0.39 is 0 Å². The Hall–Kier alpha value is -1.26. The van der Waals surface area contributed by atoms with Crippen LogP contribution in [0.4, 0.5) is 4.79 Å². The van der Waals surface area contributed by atoms with Crippen molar-refractivity contribution in [3.05, 3.63) is 0 Å². The van der Waals surface area contributed by atoms with Crippen molar-refractivity contribution >= 4 is 11.9 Å². The van der Waals surface area contributed by atoms with Gasteiger partial charge in [0.25, 0.3) is 0 Å². The zero-order valence-electron chi connectivity index (χ0n) is 8.31. The van der Waals surface area contributed by atoms with Crippen LogP contribution in [0.2, 0.25) is 0 Å². The van der Waals surface area contributed by atoms with Crippen LogP contribution >= 0.6 is 0 Å². The van der Waals surface area contributed by atoms with E-state index in [0.29, 0.717) is 19.0 Å². The molecule has 0 saturated heterocycles. The van der Waals surface area contributed by atoms with Gasteiger partial charge in [0.1, 0.15) is 0 Å². The summed E-state index contributed by atoms with van der Waals surface area (Å²) in [6.07, 6.45) is 4.57. The van der Waals surface area contributed by atoms with E-state index >= 15 is 0 Å². The molecule has 1 aliphatic rings. The van der Waals surface area contributed by atoms with E-state index in [1.807, 2.05) is 0 Å². The maximum Gasteiger partial charge on any atom is 0.315 e. The number of hydrogen-bond acceptors (Lipinski definition) is 2. The first-order chi connectivity index (χ1) is 6.68. The molecule has 5 N–H and O–H groups in total. The maximum atomic E-state index is 11.1. The van der Waals surface area contributed by atoms with Crippen molar-refractivity contribution in [2.75, 3.05) is 6.54 Å². The first-order valence-corrected chi connectivity index (χ1v) is 5.06. The number of unbranched alkanes of at least 4 members (excludes halogenated alkanes) is 1. The highest BCUT2D eigenvalue weighted by Crippen LogP contribution is 2.18. The summed E-state index contributed by atoms with van der Waals surface area (Å²) in [5, 5.41) is 12.6. The van der Waals surface area contributed by atoms with E-state index in [9.17, 15) is 4.79 Å². The number of carbonyl (C=O) groups is 1. The van der Waals surface area contributed by atoms with Gasteiger partial charge in [-0.15, -0.1) is 0 Å². The van der Waals surface area contributed by atoms with Crippen molar-refractivity contribution in [3.8, 4) is 0 Å². The molecule has 0 atom stereocenters. The van der Waals surface area contributed by atoms with Crippen molar-refractivity contribution in [3.63, 3.8) is 0 Å². The zero-order valence-corrected chi connectivity index (χ0v) is 8.31. The van der Waals surface area contributed by atoms with Crippen LogP contribution in [0, 0.1) is 5.41 Å². The van der Waals surface area contributed by atoms with Gasteiger partial charge in [0, 0.05) is 19.0 Å². The van der Waals surface area contributed by atoms with Crippen molar-refractivity contribution in [2.24, 2.45) is 5.73 Å². The molecule has 14 heavy (non-hydrogen) atoms. The zero-order chi connectivity index (χ0) is 10.4. The van der Waals surface area contributed by atoms with E-state index in [4.69, 9.17) is 11.1 Å². The normalized spacial score (nSPS) is 14.9. The summed E-state index contributed by atoms with van der Waals surface area (Å²) in [5.41, 5.74) is 5.19. The third-order valence-electron chi connectivity index (χ3n) is 2.07. The first kappa shape index (κ1) is 10.8. The second-order valence-electron chi connectivity index (χ2n) is 3.66. The van der Waals surface area contributed by atoms with Crippen molar-refractivity contribution in [2.45, 2.75) is 38.1 Å². The summed E-state index contributed by atoms with van der Waals surface area (Å²) in [6.45, 7) is 0.659. The number of hydrogen-bond donors (Lipinski definition) is 4. The molecule has 80 valence electrons.